The van der Waals surface area contributed by atoms with Crippen LogP contribution in [0.25, 0.3) is 0 Å². The summed E-state index contributed by atoms with van der Waals surface area (Å²) < 4.78 is 5.90. The zero-order valence-corrected chi connectivity index (χ0v) is 12.0. The van der Waals surface area contributed by atoms with E-state index in [4.69, 9.17) is 4.74 Å². The molecule has 2 rings (SSSR count). The third-order valence-corrected chi connectivity index (χ3v) is 4.82. The number of nitriles is 1. The second-order valence-electron chi connectivity index (χ2n) is 6.51. The molecular formula is C16H27NO. The molecule has 0 bridgehead atoms. The topological polar surface area (TPSA) is 33.0 Å². The predicted molar refractivity (Wildman–Crippen MR) is 73.1 cm³/mol. The number of hydrogen-bond donors (Lipinski definition) is 0. The van der Waals surface area contributed by atoms with E-state index in [1.807, 2.05) is 13.8 Å². The Kier molecular flexibility index (Phi) is 4.67. The van der Waals surface area contributed by atoms with Crippen molar-refractivity contribution < 1.29 is 4.74 Å². The van der Waals surface area contributed by atoms with Gasteiger partial charge < -0.3 is 4.74 Å². The first-order valence-electron chi connectivity index (χ1n) is 7.74. The van der Waals surface area contributed by atoms with Gasteiger partial charge in [-0.2, -0.15) is 5.26 Å². The lowest BCUT2D eigenvalue weighted by molar-refractivity contribution is -0.0745. The molecule has 0 aromatic heterocycles. The van der Waals surface area contributed by atoms with E-state index in [0.717, 1.165) is 24.7 Å². The highest BCUT2D eigenvalue weighted by molar-refractivity contribution is 5.05. The van der Waals surface area contributed by atoms with Crippen molar-refractivity contribution in [3.05, 3.63) is 0 Å². The van der Waals surface area contributed by atoms with Crippen LogP contribution in [0.2, 0.25) is 0 Å². The van der Waals surface area contributed by atoms with Crippen molar-refractivity contribution in [3.63, 3.8) is 0 Å². The molecule has 0 saturated heterocycles. The van der Waals surface area contributed by atoms with Crippen molar-refractivity contribution in [3.8, 4) is 6.07 Å². The van der Waals surface area contributed by atoms with Crippen molar-refractivity contribution >= 4 is 0 Å². The number of ether oxygens (including phenoxy) is 1. The second-order valence-corrected chi connectivity index (χ2v) is 6.51. The van der Waals surface area contributed by atoms with Gasteiger partial charge >= 0.3 is 0 Å². The van der Waals surface area contributed by atoms with E-state index in [0.29, 0.717) is 0 Å². The van der Waals surface area contributed by atoms with Gasteiger partial charge in [0.2, 0.25) is 0 Å². The standard InChI is InChI=1S/C16H27NO/c1-13(2)18-16(12-17)10-8-15(9-11-16)14-6-4-3-5-7-14/h13-15H,3-11H2,1-2H3. The fraction of sp³-hybridized carbons (Fsp3) is 0.938. The summed E-state index contributed by atoms with van der Waals surface area (Å²) in [5.74, 6) is 1.80. The molecule has 0 aromatic rings. The van der Waals surface area contributed by atoms with Gasteiger partial charge in [0.1, 0.15) is 0 Å². The number of rotatable bonds is 3. The molecule has 0 aromatic carbocycles. The Balaban J connectivity index is 1.88. The Morgan fingerprint density at radius 3 is 2.06 bits per heavy atom. The van der Waals surface area contributed by atoms with E-state index in [1.54, 1.807) is 0 Å². The Morgan fingerprint density at radius 1 is 1.00 bits per heavy atom. The molecule has 2 heteroatoms. The van der Waals surface area contributed by atoms with Crippen LogP contribution in [-0.4, -0.2) is 11.7 Å². The average molecular weight is 249 g/mol. The van der Waals surface area contributed by atoms with Gasteiger partial charge in [-0.3, -0.25) is 0 Å². The Labute approximate surface area is 112 Å². The van der Waals surface area contributed by atoms with Crippen LogP contribution in [0.3, 0.4) is 0 Å². The lowest BCUT2D eigenvalue weighted by atomic mass is 9.70. The molecule has 0 N–H and O–H groups in total. The summed E-state index contributed by atoms with van der Waals surface area (Å²) in [5, 5.41) is 9.41. The molecule has 2 aliphatic carbocycles. The maximum Gasteiger partial charge on any atom is 0.154 e. The Morgan fingerprint density at radius 2 is 1.56 bits per heavy atom. The maximum atomic E-state index is 9.41. The largest absolute Gasteiger partial charge is 0.357 e. The van der Waals surface area contributed by atoms with E-state index >= 15 is 0 Å². The lowest BCUT2D eigenvalue weighted by Crippen LogP contribution is -2.39. The van der Waals surface area contributed by atoms with Gasteiger partial charge in [-0.1, -0.05) is 32.1 Å². The van der Waals surface area contributed by atoms with E-state index in [1.165, 1.54) is 44.9 Å². The third-order valence-electron chi connectivity index (χ3n) is 4.82. The second kappa shape index (κ2) is 6.06. The van der Waals surface area contributed by atoms with Gasteiger partial charge in [0.25, 0.3) is 0 Å². The molecule has 2 saturated carbocycles. The third kappa shape index (κ3) is 3.26. The first-order valence-corrected chi connectivity index (χ1v) is 7.74. The van der Waals surface area contributed by atoms with Gasteiger partial charge in [0.05, 0.1) is 12.2 Å². The van der Waals surface area contributed by atoms with Crippen LogP contribution < -0.4 is 0 Å². The highest BCUT2D eigenvalue weighted by Crippen LogP contribution is 2.42. The monoisotopic (exact) mass is 249 g/mol. The molecule has 0 unspecified atom stereocenters. The Hall–Kier alpha value is -0.550. The summed E-state index contributed by atoms with van der Waals surface area (Å²) in [5.41, 5.74) is -0.473. The minimum absolute atomic E-state index is 0.163. The zero-order valence-electron chi connectivity index (χ0n) is 12.0. The molecular weight excluding hydrogens is 222 g/mol. The lowest BCUT2D eigenvalue weighted by Gasteiger charge is -2.40. The first-order chi connectivity index (χ1) is 8.65. The average Bonchev–Trinajstić information content (AvgIpc) is 2.40. The van der Waals surface area contributed by atoms with Gasteiger partial charge in [-0.25, -0.2) is 0 Å². The van der Waals surface area contributed by atoms with Crippen LogP contribution >= 0.6 is 0 Å². The maximum absolute atomic E-state index is 9.41. The predicted octanol–water partition coefficient (Wildman–Crippen LogP) is 4.44. The molecule has 2 aliphatic rings. The van der Waals surface area contributed by atoms with E-state index < -0.39 is 5.60 Å². The smallest absolute Gasteiger partial charge is 0.154 e. The minimum atomic E-state index is -0.473. The van der Waals surface area contributed by atoms with Crippen molar-refractivity contribution in [1.29, 1.82) is 5.26 Å². The summed E-state index contributed by atoms with van der Waals surface area (Å²) in [6.07, 6.45) is 11.6. The molecule has 0 heterocycles. The summed E-state index contributed by atoms with van der Waals surface area (Å²) in [7, 11) is 0. The zero-order chi connectivity index (χ0) is 13.0. The van der Waals surface area contributed by atoms with Crippen molar-refractivity contribution in [2.75, 3.05) is 0 Å². The molecule has 18 heavy (non-hydrogen) atoms. The number of hydrogen-bond acceptors (Lipinski definition) is 2. The molecule has 102 valence electrons. The minimum Gasteiger partial charge on any atom is -0.357 e. The molecule has 0 radical (unpaired) electrons. The molecule has 0 spiro atoms. The quantitative estimate of drug-likeness (QED) is 0.740. The summed E-state index contributed by atoms with van der Waals surface area (Å²) in [6, 6.07) is 2.45. The van der Waals surface area contributed by atoms with E-state index in [-0.39, 0.29) is 6.10 Å². The van der Waals surface area contributed by atoms with Crippen molar-refractivity contribution in [2.24, 2.45) is 11.8 Å². The molecule has 0 amide bonds. The SMILES string of the molecule is CC(C)OC1(C#N)CCC(C2CCCCC2)CC1. The fourth-order valence-electron chi connectivity index (χ4n) is 3.89. The molecule has 2 nitrogen and oxygen atoms in total. The van der Waals surface area contributed by atoms with Crippen LogP contribution in [0, 0.1) is 23.2 Å². The summed E-state index contributed by atoms with van der Waals surface area (Å²) >= 11 is 0. The first kappa shape index (κ1) is 13.9. The fourth-order valence-corrected chi connectivity index (χ4v) is 3.89. The normalized spacial score (nSPS) is 34.4. The van der Waals surface area contributed by atoms with E-state index in [9.17, 15) is 5.26 Å². The molecule has 0 atom stereocenters. The van der Waals surface area contributed by atoms with Gasteiger partial charge in [0.15, 0.2) is 5.60 Å². The van der Waals surface area contributed by atoms with Crippen LogP contribution in [0.4, 0.5) is 0 Å². The number of nitrogens with zero attached hydrogens (tertiary/aromatic N) is 1. The van der Waals surface area contributed by atoms with Gasteiger partial charge in [-0.05, 0) is 51.4 Å². The van der Waals surface area contributed by atoms with E-state index in [2.05, 4.69) is 6.07 Å². The van der Waals surface area contributed by atoms with Crippen LogP contribution in [-0.2, 0) is 4.74 Å². The summed E-state index contributed by atoms with van der Waals surface area (Å²) in [4.78, 5) is 0. The van der Waals surface area contributed by atoms with Gasteiger partial charge in [0, 0.05) is 0 Å². The van der Waals surface area contributed by atoms with Crippen LogP contribution in [0.5, 0.6) is 0 Å². The molecule has 2 fully saturated rings. The summed E-state index contributed by atoms with van der Waals surface area (Å²) in [6.45, 7) is 4.07. The van der Waals surface area contributed by atoms with Crippen LogP contribution in [0.1, 0.15) is 71.6 Å². The highest BCUT2D eigenvalue weighted by Gasteiger charge is 2.39. The van der Waals surface area contributed by atoms with Crippen molar-refractivity contribution in [2.45, 2.75) is 83.3 Å². The van der Waals surface area contributed by atoms with Gasteiger partial charge in [-0.15, -0.1) is 0 Å². The van der Waals surface area contributed by atoms with Crippen molar-refractivity contribution in [1.82, 2.24) is 0 Å². The molecule has 0 aliphatic heterocycles. The highest BCUT2D eigenvalue weighted by atomic mass is 16.5. The van der Waals surface area contributed by atoms with Crippen LogP contribution in [0.15, 0.2) is 0 Å². The Bertz CT molecular complexity index is 291.